The highest BCUT2D eigenvalue weighted by Gasteiger charge is 2.18. The fourth-order valence-corrected chi connectivity index (χ4v) is 1.94. The maximum absolute atomic E-state index is 11.9. The first kappa shape index (κ1) is 16.0. The van der Waals surface area contributed by atoms with Crippen LogP contribution in [0.25, 0.3) is 0 Å². The lowest BCUT2D eigenvalue weighted by molar-refractivity contribution is -0.203. The average Bonchev–Trinajstić information content (AvgIpc) is 2.35. The van der Waals surface area contributed by atoms with E-state index in [1.807, 2.05) is 26.0 Å². The minimum Gasteiger partial charge on any atom is -0.432 e. The molecule has 0 aliphatic heterocycles. The monoisotopic (exact) mass is 280 g/mol. The van der Waals surface area contributed by atoms with Gasteiger partial charge in [-0.3, -0.25) is 0 Å². The molecule has 0 aromatic heterocycles. The van der Waals surface area contributed by atoms with Crippen molar-refractivity contribution in [1.82, 2.24) is 0 Å². The molecule has 0 aliphatic carbocycles. The Kier molecular flexibility index (Phi) is 6.03. The van der Waals surface area contributed by atoms with Gasteiger partial charge in [0.2, 0.25) is 0 Å². The van der Waals surface area contributed by atoms with E-state index in [0.29, 0.717) is 5.56 Å². The quantitative estimate of drug-likeness (QED) is 0.365. The van der Waals surface area contributed by atoms with E-state index in [9.17, 15) is 9.59 Å². The van der Waals surface area contributed by atoms with Gasteiger partial charge in [0.05, 0.1) is 12.2 Å². The van der Waals surface area contributed by atoms with Crippen LogP contribution >= 0.6 is 0 Å². The summed E-state index contributed by atoms with van der Waals surface area (Å²) in [5, 5.41) is 0. The maximum atomic E-state index is 11.9. The van der Waals surface area contributed by atoms with Crippen molar-refractivity contribution < 1.29 is 24.1 Å². The van der Waals surface area contributed by atoms with Crippen molar-refractivity contribution in [3.05, 3.63) is 34.4 Å². The average molecular weight is 280 g/mol. The fourth-order valence-electron chi connectivity index (χ4n) is 1.94. The Bertz CT molecular complexity index is 470. The van der Waals surface area contributed by atoms with Crippen molar-refractivity contribution >= 4 is 12.1 Å². The highest BCUT2D eigenvalue weighted by molar-refractivity contribution is 5.92. The zero-order valence-corrected chi connectivity index (χ0v) is 12.3. The van der Waals surface area contributed by atoms with Crippen molar-refractivity contribution in [2.24, 2.45) is 0 Å². The summed E-state index contributed by atoms with van der Waals surface area (Å²) in [6, 6.07) is 3.73. The number of ether oxygens (including phenoxy) is 1. The number of unbranched alkanes of at least 4 members (excludes halogenated alkanes) is 1. The van der Waals surface area contributed by atoms with E-state index in [4.69, 9.17) is 4.74 Å². The number of aryl methyl sites for hydroxylation is 3. The minimum absolute atomic E-state index is 0.246. The number of hydrogen-bond acceptors (Lipinski definition) is 5. The molecule has 0 radical (unpaired) electrons. The molecule has 0 aliphatic rings. The molecular formula is C15H20O5. The summed E-state index contributed by atoms with van der Waals surface area (Å²) in [4.78, 5) is 31.9. The zero-order valence-electron chi connectivity index (χ0n) is 12.3. The van der Waals surface area contributed by atoms with Crippen LogP contribution in [-0.2, 0) is 14.5 Å². The van der Waals surface area contributed by atoms with E-state index in [0.717, 1.165) is 29.5 Å². The molecule has 0 heterocycles. The summed E-state index contributed by atoms with van der Waals surface area (Å²) in [6.07, 6.45) is 0.628. The molecule has 20 heavy (non-hydrogen) atoms. The highest BCUT2D eigenvalue weighted by Crippen LogP contribution is 2.17. The normalized spacial score (nSPS) is 10.0. The molecule has 0 spiro atoms. The second-order valence-corrected chi connectivity index (χ2v) is 4.68. The smallest absolute Gasteiger partial charge is 0.432 e. The number of benzene rings is 1. The van der Waals surface area contributed by atoms with Gasteiger partial charge in [-0.25, -0.2) is 14.6 Å². The van der Waals surface area contributed by atoms with Crippen LogP contribution in [0.15, 0.2) is 12.1 Å². The van der Waals surface area contributed by atoms with E-state index >= 15 is 0 Å². The lowest BCUT2D eigenvalue weighted by Crippen LogP contribution is -2.15. The Balaban J connectivity index is 2.57. The third kappa shape index (κ3) is 4.57. The van der Waals surface area contributed by atoms with Gasteiger partial charge in [0.25, 0.3) is 0 Å². The highest BCUT2D eigenvalue weighted by atomic mass is 17.2. The van der Waals surface area contributed by atoms with Gasteiger partial charge in [0.1, 0.15) is 0 Å². The third-order valence-corrected chi connectivity index (χ3v) is 2.78. The Hall–Kier alpha value is -2.04. The fraction of sp³-hybridized carbons (Fsp3) is 0.467. The van der Waals surface area contributed by atoms with E-state index in [1.165, 1.54) is 0 Å². The van der Waals surface area contributed by atoms with Gasteiger partial charge in [-0.2, -0.15) is 4.79 Å². The summed E-state index contributed by atoms with van der Waals surface area (Å²) in [5.41, 5.74) is 3.00. The lowest BCUT2D eigenvalue weighted by Gasteiger charge is -2.09. The summed E-state index contributed by atoms with van der Waals surface area (Å²) in [5.74, 6) is -0.701. The maximum Gasteiger partial charge on any atom is 0.549 e. The van der Waals surface area contributed by atoms with E-state index in [1.54, 1.807) is 13.8 Å². The summed E-state index contributed by atoms with van der Waals surface area (Å²) >= 11 is 0. The van der Waals surface area contributed by atoms with Crippen molar-refractivity contribution in [1.29, 1.82) is 0 Å². The molecule has 5 nitrogen and oxygen atoms in total. The van der Waals surface area contributed by atoms with Gasteiger partial charge in [0.15, 0.2) is 0 Å². The second kappa shape index (κ2) is 7.53. The van der Waals surface area contributed by atoms with E-state index in [2.05, 4.69) is 9.78 Å². The molecule has 1 aromatic rings. The third-order valence-electron chi connectivity index (χ3n) is 2.78. The zero-order chi connectivity index (χ0) is 15.1. The molecule has 0 atom stereocenters. The minimum atomic E-state index is -1.01. The summed E-state index contributed by atoms with van der Waals surface area (Å²) in [7, 11) is 0. The Morgan fingerprint density at radius 3 is 2.20 bits per heavy atom. The predicted molar refractivity (Wildman–Crippen MR) is 73.4 cm³/mol. The molecule has 0 fully saturated rings. The van der Waals surface area contributed by atoms with Gasteiger partial charge in [-0.15, -0.1) is 0 Å². The van der Waals surface area contributed by atoms with Gasteiger partial charge in [-0.05, 0) is 38.3 Å². The van der Waals surface area contributed by atoms with Crippen LogP contribution in [0, 0.1) is 20.8 Å². The van der Waals surface area contributed by atoms with Crippen LogP contribution in [0.5, 0.6) is 0 Å². The van der Waals surface area contributed by atoms with Crippen LogP contribution in [0.4, 0.5) is 4.79 Å². The van der Waals surface area contributed by atoms with Crippen LogP contribution in [-0.4, -0.2) is 18.7 Å². The first-order valence-electron chi connectivity index (χ1n) is 6.59. The standard InChI is InChI=1S/C15H20O5/c1-5-6-7-18-15(17)20-19-14(16)13-11(3)8-10(2)9-12(13)4/h8-9H,5-7H2,1-4H3. The Morgan fingerprint density at radius 2 is 1.65 bits per heavy atom. The van der Waals surface area contributed by atoms with Gasteiger partial charge in [0, 0.05) is 0 Å². The van der Waals surface area contributed by atoms with Crippen LogP contribution in [0.3, 0.4) is 0 Å². The topological polar surface area (TPSA) is 61.8 Å². The molecule has 1 rings (SSSR count). The molecule has 0 saturated heterocycles. The van der Waals surface area contributed by atoms with E-state index in [-0.39, 0.29) is 6.61 Å². The van der Waals surface area contributed by atoms with Crippen molar-refractivity contribution in [2.75, 3.05) is 6.61 Å². The molecule has 5 heteroatoms. The summed E-state index contributed by atoms with van der Waals surface area (Å²) < 4.78 is 4.71. The Morgan fingerprint density at radius 1 is 1.05 bits per heavy atom. The predicted octanol–water partition coefficient (Wildman–Crippen LogP) is 3.64. The van der Waals surface area contributed by atoms with Crippen molar-refractivity contribution in [3.8, 4) is 0 Å². The summed E-state index contributed by atoms with van der Waals surface area (Å²) in [6.45, 7) is 7.76. The lowest BCUT2D eigenvalue weighted by atomic mass is 10.0. The number of hydrogen-bond donors (Lipinski definition) is 0. The molecule has 0 unspecified atom stereocenters. The molecule has 110 valence electrons. The molecule has 1 aromatic carbocycles. The molecule has 0 N–H and O–H groups in total. The van der Waals surface area contributed by atoms with E-state index < -0.39 is 12.1 Å². The van der Waals surface area contributed by atoms with Gasteiger partial charge in [-0.1, -0.05) is 31.0 Å². The molecule has 0 saturated carbocycles. The molecular weight excluding hydrogens is 260 g/mol. The van der Waals surface area contributed by atoms with Crippen molar-refractivity contribution in [3.63, 3.8) is 0 Å². The SMILES string of the molecule is CCCCOC(=O)OOC(=O)c1c(C)cc(C)cc1C. The first-order valence-corrected chi connectivity index (χ1v) is 6.59. The van der Waals surface area contributed by atoms with Crippen LogP contribution < -0.4 is 0 Å². The first-order chi connectivity index (χ1) is 9.45. The van der Waals surface area contributed by atoms with Gasteiger partial charge >= 0.3 is 12.1 Å². The number of carbonyl (C=O) groups excluding carboxylic acids is 2. The molecule has 0 amide bonds. The van der Waals surface area contributed by atoms with Crippen molar-refractivity contribution in [2.45, 2.75) is 40.5 Å². The second-order valence-electron chi connectivity index (χ2n) is 4.68. The van der Waals surface area contributed by atoms with Crippen LogP contribution in [0.1, 0.15) is 46.8 Å². The Labute approximate surface area is 118 Å². The van der Waals surface area contributed by atoms with Gasteiger partial charge < -0.3 is 4.74 Å². The van der Waals surface area contributed by atoms with Crippen LogP contribution in [0.2, 0.25) is 0 Å². The molecule has 0 bridgehead atoms. The number of rotatable bonds is 4. The number of carbonyl (C=O) groups is 2. The largest absolute Gasteiger partial charge is 0.549 e.